The molecule has 1 aromatic carbocycles. The van der Waals surface area contributed by atoms with Crippen LogP contribution in [-0.2, 0) is 5.32 Å². The summed E-state index contributed by atoms with van der Waals surface area (Å²) in [7, 11) is 0. The Morgan fingerprint density at radius 2 is 2.10 bits per heavy atom. The minimum absolute atomic E-state index is 0.765. The SMILES string of the molecule is N#Cc1ccccc1C[Se]. The van der Waals surface area contributed by atoms with Crippen molar-refractivity contribution >= 4 is 16.0 Å². The first kappa shape index (κ1) is 7.34. The van der Waals surface area contributed by atoms with Crippen LogP contribution >= 0.6 is 0 Å². The number of hydrogen-bond donors (Lipinski definition) is 0. The molecule has 0 aromatic heterocycles. The molecule has 1 nitrogen and oxygen atoms in total. The molecule has 0 saturated heterocycles. The standard InChI is InChI=1S/C8H6NSe/c9-5-7-3-1-2-4-8(7)6-10/h1-4H,6H2. The van der Waals surface area contributed by atoms with Crippen LogP contribution in [0.5, 0.6) is 0 Å². The van der Waals surface area contributed by atoms with Gasteiger partial charge in [-0.2, -0.15) is 0 Å². The maximum absolute atomic E-state index is 8.59. The molecule has 0 N–H and O–H groups in total. The molecule has 10 heavy (non-hydrogen) atoms. The van der Waals surface area contributed by atoms with Crippen molar-refractivity contribution in [2.24, 2.45) is 0 Å². The molecule has 49 valence electrons. The van der Waals surface area contributed by atoms with Crippen LogP contribution < -0.4 is 0 Å². The Kier molecular flexibility index (Phi) is 2.50. The topological polar surface area (TPSA) is 23.8 Å². The monoisotopic (exact) mass is 196 g/mol. The second-order valence-corrected chi connectivity index (χ2v) is 2.52. The van der Waals surface area contributed by atoms with Gasteiger partial charge < -0.3 is 0 Å². The Labute approximate surface area is 68.5 Å². The van der Waals surface area contributed by atoms with Gasteiger partial charge in [0, 0.05) is 0 Å². The van der Waals surface area contributed by atoms with E-state index in [1.165, 1.54) is 0 Å². The zero-order chi connectivity index (χ0) is 7.40. The molecule has 1 aromatic rings. The summed E-state index contributed by atoms with van der Waals surface area (Å²) in [6.45, 7) is 0. The quantitative estimate of drug-likeness (QED) is 0.618. The van der Waals surface area contributed by atoms with Gasteiger partial charge in [-0.1, -0.05) is 0 Å². The first-order valence-corrected chi connectivity index (χ1v) is 4.15. The normalized spacial score (nSPS) is 8.80. The van der Waals surface area contributed by atoms with Crippen LogP contribution in [0.3, 0.4) is 0 Å². The summed E-state index contributed by atoms with van der Waals surface area (Å²) < 4.78 is 0. The number of benzene rings is 1. The molecule has 2 heteroatoms. The van der Waals surface area contributed by atoms with Crippen molar-refractivity contribution in [2.75, 3.05) is 0 Å². The molecule has 0 unspecified atom stereocenters. The van der Waals surface area contributed by atoms with Crippen LogP contribution in [0.2, 0.25) is 0 Å². The van der Waals surface area contributed by atoms with E-state index in [4.69, 9.17) is 5.26 Å². The van der Waals surface area contributed by atoms with Gasteiger partial charge in [0.2, 0.25) is 0 Å². The Morgan fingerprint density at radius 1 is 1.40 bits per heavy atom. The summed E-state index contributed by atoms with van der Waals surface area (Å²) in [5.74, 6) is 0. The van der Waals surface area contributed by atoms with Crippen molar-refractivity contribution in [3.05, 3.63) is 35.4 Å². The van der Waals surface area contributed by atoms with Gasteiger partial charge in [-0.3, -0.25) is 0 Å². The Bertz CT molecular complexity index is 262. The van der Waals surface area contributed by atoms with Gasteiger partial charge in [-0.25, -0.2) is 0 Å². The molecule has 0 fully saturated rings. The number of nitriles is 1. The summed E-state index contributed by atoms with van der Waals surface area (Å²) in [5, 5.41) is 9.39. The van der Waals surface area contributed by atoms with Crippen molar-refractivity contribution in [1.29, 1.82) is 5.26 Å². The third-order valence-electron chi connectivity index (χ3n) is 1.29. The van der Waals surface area contributed by atoms with E-state index in [1.54, 1.807) is 0 Å². The van der Waals surface area contributed by atoms with Gasteiger partial charge in [0.05, 0.1) is 0 Å². The Morgan fingerprint density at radius 3 is 2.60 bits per heavy atom. The summed E-state index contributed by atoms with van der Waals surface area (Å²) in [5.41, 5.74) is 1.84. The van der Waals surface area contributed by atoms with E-state index in [0.29, 0.717) is 0 Å². The van der Waals surface area contributed by atoms with Gasteiger partial charge in [0.1, 0.15) is 0 Å². The van der Waals surface area contributed by atoms with Crippen LogP contribution in [0.1, 0.15) is 11.1 Å². The van der Waals surface area contributed by atoms with Crippen molar-refractivity contribution in [3.63, 3.8) is 0 Å². The maximum atomic E-state index is 8.59. The van der Waals surface area contributed by atoms with Gasteiger partial charge >= 0.3 is 68.1 Å². The van der Waals surface area contributed by atoms with Gasteiger partial charge in [-0.15, -0.1) is 0 Å². The van der Waals surface area contributed by atoms with E-state index >= 15 is 0 Å². The molecule has 1 radical (unpaired) electrons. The molecule has 0 aliphatic rings. The second kappa shape index (κ2) is 3.41. The zero-order valence-corrected chi connectivity index (χ0v) is 7.09. The van der Waals surface area contributed by atoms with Gasteiger partial charge in [-0.05, 0) is 0 Å². The molecule has 0 aliphatic heterocycles. The average molecular weight is 195 g/mol. The number of hydrogen-bond acceptors (Lipinski definition) is 1. The van der Waals surface area contributed by atoms with Crippen LogP contribution in [0, 0.1) is 11.3 Å². The van der Waals surface area contributed by atoms with Gasteiger partial charge in [0.25, 0.3) is 0 Å². The van der Waals surface area contributed by atoms with Crippen molar-refractivity contribution in [3.8, 4) is 6.07 Å². The molecule has 0 bridgehead atoms. The molecule has 0 saturated carbocycles. The van der Waals surface area contributed by atoms with E-state index in [9.17, 15) is 0 Å². The summed E-state index contributed by atoms with van der Waals surface area (Å²) >= 11 is 2.88. The molecule has 0 spiro atoms. The van der Waals surface area contributed by atoms with Crippen LogP contribution in [0.25, 0.3) is 0 Å². The molecule has 1 rings (SSSR count). The zero-order valence-electron chi connectivity index (χ0n) is 5.37. The number of nitrogens with zero attached hydrogens (tertiary/aromatic N) is 1. The first-order valence-electron chi connectivity index (χ1n) is 2.94. The Hall–Kier alpha value is -0.771. The van der Waals surface area contributed by atoms with E-state index in [0.717, 1.165) is 16.4 Å². The fourth-order valence-electron chi connectivity index (χ4n) is 0.755. The number of rotatable bonds is 1. The van der Waals surface area contributed by atoms with E-state index in [1.807, 2.05) is 24.3 Å². The van der Waals surface area contributed by atoms with E-state index in [2.05, 4.69) is 22.1 Å². The molecular weight excluding hydrogens is 189 g/mol. The van der Waals surface area contributed by atoms with Crippen molar-refractivity contribution in [1.82, 2.24) is 0 Å². The summed E-state index contributed by atoms with van der Waals surface area (Å²) in [6.07, 6.45) is 0. The second-order valence-electron chi connectivity index (χ2n) is 1.91. The summed E-state index contributed by atoms with van der Waals surface area (Å²) in [4.78, 5) is 0. The molecule has 0 atom stereocenters. The van der Waals surface area contributed by atoms with Gasteiger partial charge in [0.15, 0.2) is 0 Å². The molecule has 0 amide bonds. The van der Waals surface area contributed by atoms with Crippen LogP contribution in [-0.4, -0.2) is 16.0 Å². The fourth-order valence-corrected chi connectivity index (χ4v) is 1.28. The van der Waals surface area contributed by atoms with Crippen LogP contribution in [0.15, 0.2) is 24.3 Å². The minimum atomic E-state index is 0.765. The summed E-state index contributed by atoms with van der Waals surface area (Å²) in [6, 6.07) is 9.72. The molecule has 0 aliphatic carbocycles. The van der Waals surface area contributed by atoms with Crippen LogP contribution in [0.4, 0.5) is 0 Å². The first-order chi connectivity index (χ1) is 4.88. The third-order valence-corrected chi connectivity index (χ3v) is 1.95. The average Bonchev–Trinajstić information content (AvgIpc) is 2.04. The Balaban J connectivity index is 3.12. The molecule has 0 heterocycles. The predicted octanol–water partition coefficient (Wildman–Crippen LogP) is 1.23. The third kappa shape index (κ3) is 1.39. The van der Waals surface area contributed by atoms with E-state index in [-0.39, 0.29) is 0 Å². The van der Waals surface area contributed by atoms with Crippen molar-refractivity contribution in [2.45, 2.75) is 5.32 Å². The predicted molar refractivity (Wildman–Crippen MR) is 40.6 cm³/mol. The fraction of sp³-hybridized carbons (Fsp3) is 0.125. The van der Waals surface area contributed by atoms with Crippen molar-refractivity contribution < 1.29 is 0 Å². The van der Waals surface area contributed by atoms with E-state index < -0.39 is 0 Å². The molecular formula is C8H6NSe.